The molecule has 0 amide bonds. The van der Waals surface area contributed by atoms with Crippen molar-refractivity contribution in [2.75, 3.05) is 32.8 Å². The van der Waals surface area contributed by atoms with Gasteiger partial charge in [0.05, 0.1) is 6.61 Å². The van der Waals surface area contributed by atoms with Crippen LogP contribution in [0.5, 0.6) is 0 Å². The SMILES string of the molecule is CCC(C)NCCNCCOCC1CC1. The molecule has 1 saturated carbocycles. The lowest BCUT2D eigenvalue weighted by molar-refractivity contribution is 0.126. The van der Waals surface area contributed by atoms with Crippen molar-refractivity contribution >= 4 is 0 Å². The standard InChI is InChI=1S/C12H26N2O/c1-3-11(2)14-7-6-13-8-9-15-10-12-4-5-12/h11-14H,3-10H2,1-2H3. The summed E-state index contributed by atoms with van der Waals surface area (Å²) in [5, 5.41) is 6.82. The van der Waals surface area contributed by atoms with Gasteiger partial charge in [-0.25, -0.2) is 0 Å². The maximum absolute atomic E-state index is 5.52. The topological polar surface area (TPSA) is 33.3 Å². The first-order chi connectivity index (χ1) is 7.33. The van der Waals surface area contributed by atoms with E-state index < -0.39 is 0 Å². The molecule has 3 nitrogen and oxygen atoms in total. The molecule has 1 aliphatic rings. The van der Waals surface area contributed by atoms with Crippen LogP contribution in [0.25, 0.3) is 0 Å². The van der Waals surface area contributed by atoms with Crippen LogP contribution in [0.15, 0.2) is 0 Å². The van der Waals surface area contributed by atoms with Crippen LogP contribution in [0.4, 0.5) is 0 Å². The summed E-state index contributed by atoms with van der Waals surface area (Å²) in [6.07, 6.45) is 3.96. The zero-order valence-electron chi connectivity index (χ0n) is 10.2. The van der Waals surface area contributed by atoms with Gasteiger partial charge in [0, 0.05) is 32.3 Å². The highest BCUT2D eigenvalue weighted by molar-refractivity contribution is 4.71. The van der Waals surface area contributed by atoms with Gasteiger partial charge in [-0.15, -0.1) is 0 Å². The molecule has 0 spiro atoms. The Morgan fingerprint density at radius 3 is 2.73 bits per heavy atom. The van der Waals surface area contributed by atoms with Gasteiger partial charge in [-0.1, -0.05) is 6.92 Å². The van der Waals surface area contributed by atoms with E-state index in [-0.39, 0.29) is 0 Å². The van der Waals surface area contributed by atoms with Crippen LogP contribution in [0.1, 0.15) is 33.1 Å². The first kappa shape index (κ1) is 12.9. The zero-order chi connectivity index (χ0) is 10.9. The van der Waals surface area contributed by atoms with E-state index in [1.54, 1.807) is 0 Å². The molecule has 90 valence electrons. The zero-order valence-corrected chi connectivity index (χ0v) is 10.2. The normalized spacial score (nSPS) is 18.0. The molecule has 1 rings (SSSR count). The minimum absolute atomic E-state index is 0.637. The average Bonchev–Trinajstić information content (AvgIpc) is 3.05. The molecule has 0 aromatic rings. The number of hydrogen-bond donors (Lipinski definition) is 2. The molecule has 1 atom stereocenters. The fourth-order valence-corrected chi connectivity index (χ4v) is 1.36. The van der Waals surface area contributed by atoms with Gasteiger partial charge in [0.2, 0.25) is 0 Å². The maximum Gasteiger partial charge on any atom is 0.0591 e. The minimum atomic E-state index is 0.637. The number of nitrogens with one attached hydrogen (secondary N) is 2. The summed E-state index contributed by atoms with van der Waals surface area (Å²) in [5.41, 5.74) is 0. The van der Waals surface area contributed by atoms with E-state index in [0.29, 0.717) is 6.04 Å². The van der Waals surface area contributed by atoms with Crippen LogP contribution in [0.2, 0.25) is 0 Å². The largest absolute Gasteiger partial charge is 0.380 e. The third-order valence-electron chi connectivity index (χ3n) is 2.88. The van der Waals surface area contributed by atoms with Crippen LogP contribution in [-0.2, 0) is 4.74 Å². The van der Waals surface area contributed by atoms with Crippen LogP contribution in [-0.4, -0.2) is 38.9 Å². The molecule has 0 aliphatic heterocycles. The first-order valence-corrected chi connectivity index (χ1v) is 6.34. The monoisotopic (exact) mass is 214 g/mol. The number of hydrogen-bond acceptors (Lipinski definition) is 3. The molecule has 15 heavy (non-hydrogen) atoms. The van der Waals surface area contributed by atoms with Crippen LogP contribution >= 0.6 is 0 Å². The van der Waals surface area contributed by atoms with E-state index in [1.165, 1.54) is 19.3 Å². The van der Waals surface area contributed by atoms with Crippen molar-refractivity contribution in [3.05, 3.63) is 0 Å². The second-order valence-electron chi connectivity index (χ2n) is 4.53. The Balaban J connectivity index is 1.68. The van der Waals surface area contributed by atoms with Crippen molar-refractivity contribution < 1.29 is 4.74 Å². The summed E-state index contributed by atoms with van der Waals surface area (Å²) in [4.78, 5) is 0. The second kappa shape index (κ2) is 8.08. The molecule has 2 N–H and O–H groups in total. The third kappa shape index (κ3) is 7.77. The van der Waals surface area contributed by atoms with Gasteiger partial charge in [0.25, 0.3) is 0 Å². The predicted molar refractivity (Wildman–Crippen MR) is 64.2 cm³/mol. The highest BCUT2D eigenvalue weighted by Crippen LogP contribution is 2.28. The van der Waals surface area contributed by atoms with Crippen LogP contribution < -0.4 is 10.6 Å². The molecule has 3 heteroatoms. The lowest BCUT2D eigenvalue weighted by atomic mass is 10.3. The van der Waals surface area contributed by atoms with Crippen molar-refractivity contribution in [3.8, 4) is 0 Å². The number of ether oxygens (including phenoxy) is 1. The fourth-order valence-electron chi connectivity index (χ4n) is 1.36. The van der Waals surface area contributed by atoms with E-state index in [2.05, 4.69) is 24.5 Å². The van der Waals surface area contributed by atoms with E-state index in [1.807, 2.05) is 0 Å². The second-order valence-corrected chi connectivity index (χ2v) is 4.53. The molecule has 0 saturated heterocycles. The lowest BCUT2D eigenvalue weighted by Crippen LogP contribution is -2.34. The Morgan fingerprint density at radius 2 is 2.07 bits per heavy atom. The van der Waals surface area contributed by atoms with Gasteiger partial charge in [-0.05, 0) is 32.1 Å². The summed E-state index contributed by atoms with van der Waals surface area (Å²) in [6, 6.07) is 0.637. The highest BCUT2D eigenvalue weighted by atomic mass is 16.5. The van der Waals surface area contributed by atoms with Crippen molar-refractivity contribution in [2.45, 2.75) is 39.2 Å². The molecule has 0 heterocycles. The summed E-state index contributed by atoms with van der Waals surface area (Å²) in [7, 11) is 0. The third-order valence-corrected chi connectivity index (χ3v) is 2.88. The molecule has 1 unspecified atom stereocenters. The van der Waals surface area contributed by atoms with E-state index in [0.717, 1.165) is 38.8 Å². The fraction of sp³-hybridized carbons (Fsp3) is 1.00. The molecular formula is C12H26N2O. The summed E-state index contributed by atoms with van der Waals surface area (Å²) >= 11 is 0. The van der Waals surface area contributed by atoms with Gasteiger partial charge in [0.1, 0.15) is 0 Å². The van der Waals surface area contributed by atoms with Crippen molar-refractivity contribution in [1.29, 1.82) is 0 Å². The van der Waals surface area contributed by atoms with Gasteiger partial charge in [0.15, 0.2) is 0 Å². The van der Waals surface area contributed by atoms with E-state index in [4.69, 9.17) is 4.74 Å². The molecule has 0 radical (unpaired) electrons. The van der Waals surface area contributed by atoms with Gasteiger partial charge in [-0.2, -0.15) is 0 Å². The van der Waals surface area contributed by atoms with Crippen molar-refractivity contribution in [2.24, 2.45) is 5.92 Å². The van der Waals surface area contributed by atoms with Gasteiger partial charge >= 0.3 is 0 Å². The quantitative estimate of drug-likeness (QED) is 0.539. The summed E-state index contributed by atoms with van der Waals surface area (Å²) < 4.78 is 5.52. The Hall–Kier alpha value is -0.120. The molecule has 0 bridgehead atoms. The first-order valence-electron chi connectivity index (χ1n) is 6.34. The van der Waals surface area contributed by atoms with E-state index >= 15 is 0 Å². The highest BCUT2D eigenvalue weighted by Gasteiger charge is 2.20. The molecule has 0 aromatic heterocycles. The van der Waals surface area contributed by atoms with Crippen LogP contribution in [0, 0.1) is 5.92 Å². The lowest BCUT2D eigenvalue weighted by Gasteiger charge is -2.11. The van der Waals surface area contributed by atoms with Crippen molar-refractivity contribution in [3.63, 3.8) is 0 Å². The predicted octanol–water partition coefficient (Wildman–Crippen LogP) is 1.39. The molecule has 0 aromatic carbocycles. The molecular weight excluding hydrogens is 188 g/mol. The smallest absolute Gasteiger partial charge is 0.0591 e. The Morgan fingerprint density at radius 1 is 1.27 bits per heavy atom. The maximum atomic E-state index is 5.52. The number of rotatable bonds is 10. The minimum Gasteiger partial charge on any atom is -0.380 e. The summed E-state index contributed by atoms with van der Waals surface area (Å²) in [6.45, 7) is 9.34. The van der Waals surface area contributed by atoms with Gasteiger partial charge < -0.3 is 15.4 Å². The summed E-state index contributed by atoms with van der Waals surface area (Å²) in [5.74, 6) is 0.886. The molecule has 1 fully saturated rings. The Labute approximate surface area is 94.0 Å². The van der Waals surface area contributed by atoms with E-state index in [9.17, 15) is 0 Å². The Kier molecular flexibility index (Phi) is 6.98. The van der Waals surface area contributed by atoms with Crippen LogP contribution in [0.3, 0.4) is 0 Å². The Bertz CT molecular complexity index is 149. The average molecular weight is 214 g/mol. The van der Waals surface area contributed by atoms with Crippen molar-refractivity contribution in [1.82, 2.24) is 10.6 Å². The molecule has 1 aliphatic carbocycles. The van der Waals surface area contributed by atoms with Gasteiger partial charge in [-0.3, -0.25) is 0 Å².